The average Bonchev–Trinajstić information content (AvgIpc) is 3.10. The highest BCUT2D eigenvalue weighted by atomic mass is 16.3. The zero-order valence-electron chi connectivity index (χ0n) is 11.5. The zero-order valence-corrected chi connectivity index (χ0v) is 11.5. The quantitative estimate of drug-likeness (QED) is 0.744. The van der Waals surface area contributed by atoms with Crippen LogP contribution in [0, 0.1) is 0 Å². The van der Waals surface area contributed by atoms with Crippen molar-refractivity contribution in [2.24, 2.45) is 0 Å². The molecule has 2 rings (SSSR count). The second-order valence-corrected chi connectivity index (χ2v) is 5.31. The molecule has 1 saturated carbocycles. The second kappa shape index (κ2) is 6.09. The fraction of sp³-hybridized carbons (Fsp3) is 0.571. The minimum absolute atomic E-state index is 0.0718. The van der Waals surface area contributed by atoms with E-state index >= 15 is 0 Å². The Balaban J connectivity index is 1.90. The number of hydrogen-bond acceptors (Lipinski definition) is 4. The standard InChI is InChI=1S/C14H20N2O4/c1-10(15-13(19)11-5-4-8-20-11)12(18)16-14(9-17)6-2-3-7-14/h4-5,8,10,17H,2-3,6-7,9H2,1H3,(H,15,19)(H,16,18). The number of hydrogen-bond donors (Lipinski definition) is 3. The molecular formula is C14H20N2O4. The van der Waals surface area contributed by atoms with Gasteiger partial charge in [0.1, 0.15) is 6.04 Å². The molecule has 110 valence electrons. The third-order valence-corrected chi connectivity index (χ3v) is 3.74. The van der Waals surface area contributed by atoms with Gasteiger partial charge >= 0.3 is 0 Å². The molecule has 1 aromatic heterocycles. The smallest absolute Gasteiger partial charge is 0.287 e. The summed E-state index contributed by atoms with van der Waals surface area (Å²) >= 11 is 0. The van der Waals surface area contributed by atoms with Crippen LogP contribution in [0.5, 0.6) is 0 Å². The van der Waals surface area contributed by atoms with E-state index in [9.17, 15) is 14.7 Å². The summed E-state index contributed by atoms with van der Waals surface area (Å²) in [4.78, 5) is 23.9. The van der Waals surface area contributed by atoms with Gasteiger partial charge in [0.15, 0.2) is 5.76 Å². The molecule has 3 N–H and O–H groups in total. The molecule has 1 aliphatic carbocycles. The summed E-state index contributed by atoms with van der Waals surface area (Å²) in [6.07, 6.45) is 4.93. The average molecular weight is 280 g/mol. The Hall–Kier alpha value is -1.82. The number of nitrogens with one attached hydrogen (secondary N) is 2. The Morgan fingerprint density at radius 1 is 1.45 bits per heavy atom. The van der Waals surface area contributed by atoms with Gasteiger partial charge in [-0.3, -0.25) is 9.59 Å². The first-order valence-corrected chi connectivity index (χ1v) is 6.84. The van der Waals surface area contributed by atoms with E-state index in [-0.39, 0.29) is 18.3 Å². The molecular weight excluding hydrogens is 260 g/mol. The maximum absolute atomic E-state index is 12.1. The van der Waals surface area contributed by atoms with E-state index in [1.165, 1.54) is 12.3 Å². The first kappa shape index (κ1) is 14.6. The number of furan rings is 1. The van der Waals surface area contributed by atoms with Crippen LogP contribution in [-0.4, -0.2) is 35.1 Å². The molecule has 0 radical (unpaired) electrons. The van der Waals surface area contributed by atoms with E-state index in [2.05, 4.69) is 10.6 Å². The molecule has 1 aromatic rings. The summed E-state index contributed by atoms with van der Waals surface area (Å²) < 4.78 is 4.97. The van der Waals surface area contributed by atoms with Gasteiger partial charge in [0.05, 0.1) is 18.4 Å². The normalized spacial score (nSPS) is 18.5. The largest absolute Gasteiger partial charge is 0.459 e. The van der Waals surface area contributed by atoms with Crippen molar-refractivity contribution in [2.45, 2.75) is 44.2 Å². The fourth-order valence-electron chi connectivity index (χ4n) is 2.49. The van der Waals surface area contributed by atoms with Gasteiger partial charge in [-0.05, 0) is 31.9 Å². The van der Waals surface area contributed by atoms with Crippen LogP contribution in [-0.2, 0) is 4.79 Å². The van der Waals surface area contributed by atoms with Gasteiger partial charge in [-0.15, -0.1) is 0 Å². The number of carbonyl (C=O) groups excluding carboxylic acids is 2. The van der Waals surface area contributed by atoms with Crippen molar-refractivity contribution >= 4 is 11.8 Å². The predicted molar refractivity (Wildman–Crippen MR) is 72.1 cm³/mol. The minimum atomic E-state index is -0.684. The lowest BCUT2D eigenvalue weighted by Gasteiger charge is -2.29. The van der Waals surface area contributed by atoms with E-state index in [0.29, 0.717) is 0 Å². The van der Waals surface area contributed by atoms with E-state index in [4.69, 9.17) is 4.42 Å². The summed E-state index contributed by atoms with van der Waals surface area (Å²) in [5, 5.41) is 14.9. The monoisotopic (exact) mass is 280 g/mol. The second-order valence-electron chi connectivity index (χ2n) is 5.31. The van der Waals surface area contributed by atoms with Crippen molar-refractivity contribution in [3.05, 3.63) is 24.2 Å². The molecule has 6 nitrogen and oxygen atoms in total. The lowest BCUT2D eigenvalue weighted by Crippen LogP contribution is -2.55. The maximum atomic E-state index is 12.1. The summed E-state index contributed by atoms with van der Waals surface area (Å²) in [6.45, 7) is 1.54. The number of carbonyl (C=O) groups is 2. The summed E-state index contributed by atoms with van der Waals surface area (Å²) in [7, 11) is 0. The SMILES string of the molecule is CC(NC(=O)c1ccco1)C(=O)NC1(CO)CCCC1. The van der Waals surface area contributed by atoms with E-state index < -0.39 is 17.5 Å². The first-order chi connectivity index (χ1) is 9.56. The number of amides is 2. The third-order valence-electron chi connectivity index (χ3n) is 3.74. The lowest BCUT2D eigenvalue weighted by atomic mass is 9.98. The van der Waals surface area contributed by atoms with Gasteiger partial charge < -0.3 is 20.2 Å². The molecule has 0 aliphatic heterocycles. The van der Waals surface area contributed by atoms with Crippen molar-refractivity contribution in [1.82, 2.24) is 10.6 Å². The Morgan fingerprint density at radius 2 is 2.15 bits per heavy atom. The van der Waals surface area contributed by atoms with Crippen LogP contribution in [0.3, 0.4) is 0 Å². The number of aliphatic hydroxyl groups is 1. The van der Waals surface area contributed by atoms with Gasteiger partial charge in [0.2, 0.25) is 5.91 Å². The van der Waals surface area contributed by atoms with E-state index in [1.54, 1.807) is 13.0 Å². The summed E-state index contributed by atoms with van der Waals surface area (Å²) in [5.41, 5.74) is -0.527. The van der Waals surface area contributed by atoms with Crippen molar-refractivity contribution < 1.29 is 19.1 Å². The van der Waals surface area contributed by atoms with Crippen LogP contribution >= 0.6 is 0 Å². The fourth-order valence-corrected chi connectivity index (χ4v) is 2.49. The molecule has 0 bridgehead atoms. The highest BCUT2D eigenvalue weighted by Crippen LogP contribution is 2.29. The van der Waals surface area contributed by atoms with E-state index in [1.807, 2.05) is 0 Å². The maximum Gasteiger partial charge on any atom is 0.287 e. The molecule has 1 unspecified atom stereocenters. The predicted octanol–water partition coefficient (Wildman–Crippen LogP) is 0.819. The van der Waals surface area contributed by atoms with Crippen LogP contribution in [0.25, 0.3) is 0 Å². The molecule has 1 fully saturated rings. The molecule has 0 aromatic carbocycles. The molecule has 2 amide bonds. The Morgan fingerprint density at radius 3 is 2.70 bits per heavy atom. The van der Waals surface area contributed by atoms with Gasteiger partial charge in [-0.2, -0.15) is 0 Å². The molecule has 1 aliphatic rings. The molecule has 6 heteroatoms. The molecule has 1 atom stereocenters. The van der Waals surface area contributed by atoms with Crippen LogP contribution in [0.15, 0.2) is 22.8 Å². The highest BCUT2D eigenvalue weighted by molar-refractivity contribution is 5.95. The number of aliphatic hydroxyl groups excluding tert-OH is 1. The lowest BCUT2D eigenvalue weighted by molar-refractivity contribution is -0.125. The van der Waals surface area contributed by atoms with Crippen molar-refractivity contribution in [2.75, 3.05) is 6.61 Å². The zero-order chi connectivity index (χ0) is 14.6. The van der Waals surface area contributed by atoms with Gasteiger partial charge in [0.25, 0.3) is 5.91 Å². The summed E-state index contributed by atoms with van der Waals surface area (Å²) in [5.74, 6) is -0.551. The summed E-state index contributed by atoms with van der Waals surface area (Å²) in [6, 6.07) is 2.46. The van der Waals surface area contributed by atoms with Gasteiger partial charge in [-0.25, -0.2) is 0 Å². The highest BCUT2D eigenvalue weighted by Gasteiger charge is 2.35. The van der Waals surface area contributed by atoms with E-state index in [0.717, 1.165) is 25.7 Å². The first-order valence-electron chi connectivity index (χ1n) is 6.84. The van der Waals surface area contributed by atoms with Gasteiger partial charge in [-0.1, -0.05) is 12.8 Å². The molecule has 1 heterocycles. The number of rotatable bonds is 5. The topological polar surface area (TPSA) is 91.6 Å². The third kappa shape index (κ3) is 3.19. The van der Waals surface area contributed by atoms with Crippen molar-refractivity contribution in [3.63, 3.8) is 0 Å². The molecule has 0 saturated heterocycles. The Labute approximate surface area is 117 Å². The van der Waals surface area contributed by atoms with Crippen LogP contribution < -0.4 is 10.6 Å². The molecule has 20 heavy (non-hydrogen) atoms. The van der Waals surface area contributed by atoms with Crippen LogP contribution in [0.1, 0.15) is 43.2 Å². The van der Waals surface area contributed by atoms with Crippen LogP contribution in [0.4, 0.5) is 0 Å². The molecule has 0 spiro atoms. The minimum Gasteiger partial charge on any atom is -0.459 e. The van der Waals surface area contributed by atoms with Crippen molar-refractivity contribution in [1.29, 1.82) is 0 Å². The van der Waals surface area contributed by atoms with Crippen LogP contribution in [0.2, 0.25) is 0 Å². The van der Waals surface area contributed by atoms with Gasteiger partial charge in [0, 0.05) is 0 Å². The Kier molecular flexibility index (Phi) is 4.44. The van der Waals surface area contributed by atoms with Crippen molar-refractivity contribution in [3.8, 4) is 0 Å². The Bertz CT molecular complexity index is 464.